The molecule has 0 amide bonds. The Balaban J connectivity index is 2.61. The summed E-state index contributed by atoms with van der Waals surface area (Å²) in [6, 6.07) is 5.54. The van der Waals surface area contributed by atoms with E-state index in [4.69, 9.17) is 4.74 Å². The summed E-state index contributed by atoms with van der Waals surface area (Å²) >= 11 is 0. The van der Waals surface area contributed by atoms with Crippen LogP contribution in [0.2, 0.25) is 0 Å². The molecule has 4 heteroatoms. The Kier molecular flexibility index (Phi) is 2.56. The van der Waals surface area contributed by atoms with E-state index in [9.17, 15) is 9.90 Å². The number of carbonyl (C=O) groups is 1. The molecule has 1 aromatic heterocycles. The number of aryl methyl sites for hydroxylation is 1. The second kappa shape index (κ2) is 3.89. The van der Waals surface area contributed by atoms with Gasteiger partial charge in [-0.15, -0.1) is 0 Å². The van der Waals surface area contributed by atoms with Crippen LogP contribution in [-0.4, -0.2) is 18.1 Å². The van der Waals surface area contributed by atoms with Crippen LogP contribution < -0.4 is 9.84 Å². The first-order valence-electron chi connectivity index (χ1n) is 4.97. The highest BCUT2D eigenvalue weighted by atomic mass is 16.5. The number of aromatic amines is 1. The smallest absolute Gasteiger partial charge is 0.119 e. The molecule has 0 bridgehead atoms. The number of rotatable bonds is 3. The molecule has 1 N–H and O–H groups in total. The molecule has 0 fully saturated rings. The van der Waals surface area contributed by atoms with E-state index in [1.807, 2.05) is 25.1 Å². The Morgan fingerprint density at radius 2 is 2.25 bits per heavy atom. The van der Waals surface area contributed by atoms with Crippen LogP contribution in [0.4, 0.5) is 0 Å². The SMILES string of the molecule is COc1ccc2[nH]c(C)c(CC(=O)[O-])c2c1. The van der Waals surface area contributed by atoms with E-state index in [0.29, 0.717) is 5.75 Å². The van der Waals surface area contributed by atoms with Gasteiger partial charge in [0, 0.05) is 29.0 Å². The van der Waals surface area contributed by atoms with Crippen LogP contribution in [0.25, 0.3) is 10.9 Å². The number of nitrogens with one attached hydrogen (secondary N) is 1. The third-order valence-corrected chi connectivity index (χ3v) is 2.65. The van der Waals surface area contributed by atoms with Gasteiger partial charge in [-0.05, 0) is 30.7 Å². The highest BCUT2D eigenvalue weighted by Crippen LogP contribution is 2.26. The molecule has 4 nitrogen and oxygen atoms in total. The molecule has 1 heterocycles. The molecule has 0 atom stereocenters. The van der Waals surface area contributed by atoms with E-state index >= 15 is 0 Å². The maximum absolute atomic E-state index is 10.7. The minimum Gasteiger partial charge on any atom is -0.550 e. The van der Waals surface area contributed by atoms with Gasteiger partial charge >= 0.3 is 0 Å². The second-order valence-corrected chi connectivity index (χ2v) is 3.69. The molecule has 84 valence electrons. The van der Waals surface area contributed by atoms with Crippen molar-refractivity contribution in [2.45, 2.75) is 13.3 Å². The summed E-state index contributed by atoms with van der Waals surface area (Å²) in [5, 5.41) is 11.5. The Labute approximate surface area is 92.9 Å². The van der Waals surface area contributed by atoms with Crippen molar-refractivity contribution in [3.05, 3.63) is 29.5 Å². The monoisotopic (exact) mass is 218 g/mol. The van der Waals surface area contributed by atoms with Crippen molar-refractivity contribution >= 4 is 16.9 Å². The van der Waals surface area contributed by atoms with Crippen LogP contribution in [-0.2, 0) is 11.2 Å². The standard InChI is InChI=1S/C12H13NO3/c1-7-9(6-12(14)15)10-5-8(16-2)3-4-11(10)13-7/h3-5,13H,6H2,1-2H3,(H,14,15)/p-1. The first kappa shape index (κ1) is 10.5. The third kappa shape index (κ3) is 1.74. The maximum atomic E-state index is 10.7. The number of benzene rings is 1. The van der Waals surface area contributed by atoms with Crippen molar-refractivity contribution in [2.75, 3.05) is 7.11 Å². The minimum atomic E-state index is -1.08. The molecule has 0 aliphatic rings. The molecule has 0 spiro atoms. The van der Waals surface area contributed by atoms with Crippen LogP contribution in [0, 0.1) is 6.92 Å². The van der Waals surface area contributed by atoms with Crippen LogP contribution in [0.5, 0.6) is 5.75 Å². The average molecular weight is 218 g/mol. The van der Waals surface area contributed by atoms with E-state index in [-0.39, 0.29) is 6.42 Å². The number of hydrogen-bond donors (Lipinski definition) is 1. The van der Waals surface area contributed by atoms with E-state index in [0.717, 1.165) is 22.2 Å². The van der Waals surface area contributed by atoms with E-state index in [1.54, 1.807) is 7.11 Å². The fourth-order valence-electron chi connectivity index (χ4n) is 1.86. The number of aliphatic carboxylic acids is 1. The van der Waals surface area contributed by atoms with Gasteiger partial charge in [0.2, 0.25) is 0 Å². The van der Waals surface area contributed by atoms with Gasteiger partial charge < -0.3 is 19.6 Å². The van der Waals surface area contributed by atoms with E-state index in [1.165, 1.54) is 0 Å². The third-order valence-electron chi connectivity index (χ3n) is 2.65. The molecule has 2 aromatic rings. The summed E-state index contributed by atoms with van der Waals surface area (Å²) in [5.41, 5.74) is 2.52. The Morgan fingerprint density at radius 1 is 1.50 bits per heavy atom. The number of hydrogen-bond acceptors (Lipinski definition) is 3. The summed E-state index contributed by atoms with van der Waals surface area (Å²) in [6.07, 6.45) is -0.0843. The number of fused-ring (bicyclic) bond motifs is 1. The first-order valence-corrected chi connectivity index (χ1v) is 4.97. The van der Waals surface area contributed by atoms with Crippen molar-refractivity contribution in [1.29, 1.82) is 0 Å². The van der Waals surface area contributed by atoms with Gasteiger partial charge in [-0.1, -0.05) is 0 Å². The summed E-state index contributed by atoms with van der Waals surface area (Å²) < 4.78 is 5.11. The normalized spacial score (nSPS) is 10.6. The number of ether oxygens (including phenoxy) is 1. The molecular weight excluding hydrogens is 206 g/mol. The molecule has 0 unspecified atom stereocenters. The lowest BCUT2D eigenvalue weighted by Crippen LogP contribution is -2.24. The fourth-order valence-corrected chi connectivity index (χ4v) is 1.86. The Hall–Kier alpha value is -1.97. The summed E-state index contributed by atoms with van der Waals surface area (Å²) in [6.45, 7) is 1.85. The zero-order chi connectivity index (χ0) is 11.7. The maximum Gasteiger partial charge on any atom is 0.119 e. The van der Waals surface area contributed by atoms with Crippen molar-refractivity contribution in [1.82, 2.24) is 4.98 Å². The number of aromatic nitrogens is 1. The van der Waals surface area contributed by atoms with Gasteiger partial charge in [-0.2, -0.15) is 0 Å². The lowest BCUT2D eigenvalue weighted by Gasteiger charge is -2.03. The van der Waals surface area contributed by atoms with Crippen molar-refractivity contribution in [3.63, 3.8) is 0 Å². The molecule has 2 rings (SSSR count). The van der Waals surface area contributed by atoms with Gasteiger partial charge in [0.05, 0.1) is 7.11 Å². The van der Waals surface area contributed by atoms with Crippen LogP contribution in [0.1, 0.15) is 11.3 Å². The molecule has 0 aliphatic heterocycles. The predicted octanol–water partition coefficient (Wildman–Crippen LogP) is 0.777. The van der Waals surface area contributed by atoms with Crippen molar-refractivity contribution in [2.24, 2.45) is 0 Å². The second-order valence-electron chi connectivity index (χ2n) is 3.69. The van der Waals surface area contributed by atoms with Gasteiger partial charge in [0.1, 0.15) is 5.75 Å². The zero-order valence-corrected chi connectivity index (χ0v) is 9.16. The lowest BCUT2D eigenvalue weighted by molar-refractivity contribution is -0.304. The Morgan fingerprint density at radius 3 is 2.88 bits per heavy atom. The highest BCUT2D eigenvalue weighted by molar-refractivity contribution is 5.89. The van der Waals surface area contributed by atoms with Gasteiger partial charge in [-0.25, -0.2) is 0 Å². The number of carboxylic acid groups (broad SMARTS) is 1. The molecular formula is C12H12NO3-. The predicted molar refractivity (Wildman–Crippen MR) is 58.3 cm³/mol. The molecule has 0 saturated heterocycles. The van der Waals surface area contributed by atoms with Crippen LogP contribution in [0.15, 0.2) is 18.2 Å². The lowest BCUT2D eigenvalue weighted by atomic mass is 10.1. The van der Waals surface area contributed by atoms with Crippen LogP contribution >= 0.6 is 0 Å². The van der Waals surface area contributed by atoms with Gasteiger partial charge in [0.25, 0.3) is 0 Å². The summed E-state index contributed by atoms with van der Waals surface area (Å²) in [5.74, 6) is -0.363. The topological polar surface area (TPSA) is 65.2 Å². The minimum absolute atomic E-state index is 0.0843. The largest absolute Gasteiger partial charge is 0.550 e. The number of methoxy groups -OCH3 is 1. The zero-order valence-electron chi connectivity index (χ0n) is 9.16. The number of carbonyl (C=O) groups excluding carboxylic acids is 1. The van der Waals surface area contributed by atoms with E-state index in [2.05, 4.69) is 4.98 Å². The summed E-state index contributed by atoms with van der Waals surface area (Å²) in [4.78, 5) is 13.8. The number of carboxylic acids is 1. The fraction of sp³-hybridized carbons (Fsp3) is 0.250. The molecule has 0 radical (unpaired) electrons. The Bertz CT molecular complexity index is 542. The van der Waals surface area contributed by atoms with Crippen molar-refractivity contribution in [3.8, 4) is 5.75 Å². The molecule has 0 saturated carbocycles. The molecule has 16 heavy (non-hydrogen) atoms. The average Bonchev–Trinajstić information content (AvgIpc) is 2.54. The molecule has 0 aliphatic carbocycles. The van der Waals surface area contributed by atoms with Gasteiger partial charge in [0.15, 0.2) is 0 Å². The number of H-pyrrole nitrogens is 1. The first-order chi connectivity index (χ1) is 7.61. The van der Waals surface area contributed by atoms with Crippen molar-refractivity contribution < 1.29 is 14.6 Å². The quantitative estimate of drug-likeness (QED) is 0.827. The summed E-state index contributed by atoms with van der Waals surface area (Å²) in [7, 11) is 1.58. The van der Waals surface area contributed by atoms with Crippen LogP contribution in [0.3, 0.4) is 0 Å². The van der Waals surface area contributed by atoms with E-state index < -0.39 is 5.97 Å². The van der Waals surface area contributed by atoms with Gasteiger partial charge in [-0.3, -0.25) is 0 Å². The molecule has 1 aromatic carbocycles. The highest BCUT2D eigenvalue weighted by Gasteiger charge is 2.09.